The Bertz CT molecular complexity index is 372. The van der Waals surface area contributed by atoms with Gasteiger partial charge in [0.25, 0.3) is 0 Å². The molecule has 19 heavy (non-hydrogen) atoms. The molecule has 0 aliphatic heterocycles. The molecule has 0 radical (unpaired) electrons. The SMILES string of the molecule is CCC(CC)(CNc1cc(OC(C)C)ncn1)SC. The zero-order chi connectivity index (χ0) is 14.3. The maximum atomic E-state index is 5.57. The minimum absolute atomic E-state index is 0.124. The van der Waals surface area contributed by atoms with Gasteiger partial charge < -0.3 is 10.1 Å². The molecule has 0 bridgehead atoms. The first-order valence-electron chi connectivity index (χ1n) is 6.83. The summed E-state index contributed by atoms with van der Waals surface area (Å²) in [5.41, 5.74) is 0. The van der Waals surface area contributed by atoms with E-state index in [1.807, 2.05) is 31.7 Å². The molecular formula is C14H25N3OS. The first-order valence-corrected chi connectivity index (χ1v) is 8.05. The number of nitrogens with zero attached hydrogens (tertiary/aromatic N) is 2. The number of hydrogen-bond acceptors (Lipinski definition) is 5. The van der Waals surface area contributed by atoms with Crippen molar-refractivity contribution >= 4 is 17.6 Å². The molecule has 0 amide bonds. The van der Waals surface area contributed by atoms with E-state index in [9.17, 15) is 0 Å². The van der Waals surface area contributed by atoms with E-state index in [4.69, 9.17) is 4.74 Å². The van der Waals surface area contributed by atoms with Crippen LogP contribution in [0.5, 0.6) is 5.88 Å². The van der Waals surface area contributed by atoms with Gasteiger partial charge in [0.05, 0.1) is 6.10 Å². The Hall–Kier alpha value is -0.970. The normalized spacial score (nSPS) is 11.7. The molecule has 0 unspecified atom stereocenters. The van der Waals surface area contributed by atoms with E-state index < -0.39 is 0 Å². The van der Waals surface area contributed by atoms with Crippen LogP contribution in [0.4, 0.5) is 5.82 Å². The summed E-state index contributed by atoms with van der Waals surface area (Å²) >= 11 is 1.91. The van der Waals surface area contributed by atoms with Crippen molar-refractivity contribution in [1.82, 2.24) is 9.97 Å². The van der Waals surface area contributed by atoms with E-state index in [0.717, 1.165) is 25.2 Å². The van der Waals surface area contributed by atoms with Crippen LogP contribution < -0.4 is 10.1 Å². The topological polar surface area (TPSA) is 47.0 Å². The fourth-order valence-electron chi connectivity index (χ4n) is 1.85. The van der Waals surface area contributed by atoms with Crippen molar-refractivity contribution in [2.75, 3.05) is 18.1 Å². The lowest BCUT2D eigenvalue weighted by molar-refractivity contribution is 0.232. The minimum Gasteiger partial charge on any atom is -0.475 e. The molecule has 0 aromatic carbocycles. The van der Waals surface area contributed by atoms with Crippen LogP contribution in [0, 0.1) is 0 Å². The average Bonchev–Trinajstić information content (AvgIpc) is 2.41. The number of aromatic nitrogens is 2. The molecule has 0 aliphatic carbocycles. The monoisotopic (exact) mass is 283 g/mol. The number of rotatable bonds is 8. The molecule has 1 aromatic heterocycles. The van der Waals surface area contributed by atoms with E-state index in [2.05, 4.69) is 35.4 Å². The average molecular weight is 283 g/mol. The second-order valence-electron chi connectivity index (χ2n) is 4.86. The van der Waals surface area contributed by atoms with Crippen molar-refractivity contribution < 1.29 is 4.74 Å². The zero-order valence-corrected chi connectivity index (χ0v) is 13.4. The Balaban J connectivity index is 2.66. The smallest absolute Gasteiger partial charge is 0.218 e. The van der Waals surface area contributed by atoms with Gasteiger partial charge in [0.1, 0.15) is 12.1 Å². The van der Waals surface area contributed by atoms with Crippen LogP contribution in [-0.2, 0) is 0 Å². The summed E-state index contributed by atoms with van der Waals surface area (Å²) in [4.78, 5) is 8.35. The summed E-state index contributed by atoms with van der Waals surface area (Å²) in [7, 11) is 0. The zero-order valence-electron chi connectivity index (χ0n) is 12.6. The molecule has 0 atom stereocenters. The number of nitrogens with one attached hydrogen (secondary N) is 1. The molecule has 5 heteroatoms. The number of ether oxygens (including phenoxy) is 1. The first-order chi connectivity index (χ1) is 9.05. The van der Waals surface area contributed by atoms with Crippen molar-refractivity contribution in [3.8, 4) is 5.88 Å². The maximum absolute atomic E-state index is 5.57. The van der Waals surface area contributed by atoms with Crippen LogP contribution in [0.25, 0.3) is 0 Å². The third kappa shape index (κ3) is 4.90. The molecule has 108 valence electrons. The van der Waals surface area contributed by atoms with Crippen molar-refractivity contribution in [2.45, 2.75) is 51.4 Å². The summed E-state index contributed by atoms with van der Waals surface area (Å²) in [5.74, 6) is 1.45. The molecule has 1 rings (SSSR count). The van der Waals surface area contributed by atoms with E-state index in [1.54, 1.807) is 6.33 Å². The summed E-state index contributed by atoms with van der Waals surface area (Å²) in [5, 5.41) is 3.40. The van der Waals surface area contributed by atoms with Gasteiger partial charge in [-0.05, 0) is 32.9 Å². The van der Waals surface area contributed by atoms with Crippen LogP contribution in [-0.4, -0.2) is 33.6 Å². The second kappa shape index (κ2) is 7.58. The largest absolute Gasteiger partial charge is 0.475 e. The van der Waals surface area contributed by atoms with Gasteiger partial charge in [0.2, 0.25) is 5.88 Å². The van der Waals surface area contributed by atoms with Gasteiger partial charge in [0.15, 0.2) is 0 Å². The van der Waals surface area contributed by atoms with E-state index in [1.165, 1.54) is 0 Å². The number of hydrogen-bond donors (Lipinski definition) is 1. The van der Waals surface area contributed by atoms with Gasteiger partial charge in [-0.2, -0.15) is 11.8 Å². The molecule has 0 spiro atoms. The first kappa shape index (κ1) is 16.1. The molecule has 1 N–H and O–H groups in total. The van der Waals surface area contributed by atoms with E-state index >= 15 is 0 Å². The fourth-order valence-corrected chi connectivity index (χ4v) is 2.65. The number of anilines is 1. The quantitative estimate of drug-likeness (QED) is 0.790. The van der Waals surface area contributed by atoms with Crippen molar-refractivity contribution in [2.24, 2.45) is 0 Å². The lowest BCUT2D eigenvalue weighted by atomic mass is 10.0. The highest BCUT2D eigenvalue weighted by Crippen LogP contribution is 2.30. The third-order valence-electron chi connectivity index (χ3n) is 3.31. The Morgan fingerprint density at radius 1 is 1.32 bits per heavy atom. The number of thioether (sulfide) groups is 1. The van der Waals surface area contributed by atoms with E-state index in [0.29, 0.717) is 5.88 Å². The summed E-state index contributed by atoms with van der Waals surface area (Å²) in [6.07, 6.45) is 6.11. The highest BCUT2D eigenvalue weighted by Gasteiger charge is 2.24. The molecule has 4 nitrogen and oxygen atoms in total. The van der Waals surface area contributed by atoms with Crippen LogP contribution in [0.15, 0.2) is 12.4 Å². The predicted molar refractivity (Wildman–Crippen MR) is 83.1 cm³/mol. The van der Waals surface area contributed by atoms with Crippen LogP contribution in [0.3, 0.4) is 0 Å². The van der Waals surface area contributed by atoms with Crippen molar-refractivity contribution in [3.63, 3.8) is 0 Å². The van der Waals surface area contributed by atoms with Crippen molar-refractivity contribution in [3.05, 3.63) is 12.4 Å². The van der Waals surface area contributed by atoms with E-state index in [-0.39, 0.29) is 10.9 Å². The summed E-state index contributed by atoms with van der Waals surface area (Å²) < 4.78 is 5.84. The molecule has 0 aliphatic rings. The Morgan fingerprint density at radius 2 is 2.00 bits per heavy atom. The molecule has 1 aromatic rings. The van der Waals surface area contributed by atoms with Gasteiger partial charge in [-0.15, -0.1) is 0 Å². The van der Waals surface area contributed by atoms with Gasteiger partial charge in [0, 0.05) is 17.4 Å². The van der Waals surface area contributed by atoms with Gasteiger partial charge in [-0.1, -0.05) is 13.8 Å². The standard InChI is InChI=1S/C14H25N3OS/c1-6-14(7-2,19-5)9-15-12-8-13(17-10-16-12)18-11(3)4/h8,10-11H,6-7,9H2,1-5H3,(H,15,16,17). The van der Waals surface area contributed by atoms with Gasteiger partial charge >= 0.3 is 0 Å². The van der Waals surface area contributed by atoms with Crippen LogP contribution in [0.2, 0.25) is 0 Å². The molecule has 0 saturated carbocycles. The van der Waals surface area contributed by atoms with Crippen LogP contribution >= 0.6 is 11.8 Å². The van der Waals surface area contributed by atoms with Gasteiger partial charge in [-0.3, -0.25) is 0 Å². The lowest BCUT2D eigenvalue weighted by Crippen LogP contribution is -2.32. The predicted octanol–water partition coefficient (Wildman–Crippen LogP) is 3.60. The van der Waals surface area contributed by atoms with Crippen LogP contribution in [0.1, 0.15) is 40.5 Å². The highest BCUT2D eigenvalue weighted by molar-refractivity contribution is 8.00. The second-order valence-corrected chi connectivity index (χ2v) is 6.13. The maximum Gasteiger partial charge on any atom is 0.218 e. The molecule has 1 heterocycles. The third-order valence-corrected chi connectivity index (χ3v) is 4.90. The molecular weight excluding hydrogens is 258 g/mol. The summed E-state index contributed by atoms with van der Waals surface area (Å²) in [6.45, 7) is 9.34. The molecule has 0 fully saturated rings. The highest BCUT2D eigenvalue weighted by atomic mass is 32.2. The fraction of sp³-hybridized carbons (Fsp3) is 0.714. The minimum atomic E-state index is 0.124. The Kier molecular flexibility index (Phi) is 6.42. The Labute approximate surface area is 120 Å². The molecule has 0 saturated heterocycles. The lowest BCUT2D eigenvalue weighted by Gasteiger charge is -2.30. The summed E-state index contributed by atoms with van der Waals surface area (Å²) in [6, 6.07) is 1.86. The van der Waals surface area contributed by atoms with Crippen molar-refractivity contribution in [1.29, 1.82) is 0 Å². The Morgan fingerprint density at radius 3 is 2.53 bits per heavy atom. The van der Waals surface area contributed by atoms with Gasteiger partial charge in [-0.25, -0.2) is 9.97 Å².